The maximum atomic E-state index is 13.4. The van der Waals surface area contributed by atoms with E-state index in [2.05, 4.69) is 25.9 Å². The third-order valence-electron chi connectivity index (χ3n) is 4.43. The second-order valence-electron chi connectivity index (χ2n) is 6.37. The normalized spacial score (nSPS) is 10.7. The van der Waals surface area contributed by atoms with Crippen LogP contribution in [-0.2, 0) is 6.54 Å². The van der Waals surface area contributed by atoms with Gasteiger partial charge in [-0.2, -0.15) is 0 Å². The van der Waals surface area contributed by atoms with Crippen molar-refractivity contribution in [3.8, 4) is 0 Å². The number of benzene rings is 1. The molecule has 0 aliphatic rings. The Morgan fingerprint density at radius 3 is 2.37 bits per heavy atom. The van der Waals surface area contributed by atoms with Crippen LogP contribution in [0.15, 0.2) is 53.1 Å². The molecule has 27 heavy (non-hydrogen) atoms. The first-order chi connectivity index (χ1) is 12.9. The van der Waals surface area contributed by atoms with Crippen molar-refractivity contribution in [2.45, 2.75) is 27.3 Å². The fourth-order valence-electron chi connectivity index (χ4n) is 3.18. The molecule has 1 amide bonds. The number of aromatic nitrogens is 2. The molecular weight excluding hydrogens is 406 g/mol. The van der Waals surface area contributed by atoms with Gasteiger partial charge in [0.2, 0.25) is 0 Å². The largest absolute Gasteiger partial charge is 0.354 e. The number of aromatic amines is 1. The van der Waals surface area contributed by atoms with E-state index >= 15 is 0 Å². The number of rotatable bonds is 5. The van der Waals surface area contributed by atoms with Crippen LogP contribution in [0.4, 0.5) is 5.69 Å². The number of nitrogens with one attached hydrogen (secondary N) is 1. The SMILES string of the molecule is CC(=O)c1c(C)[nH]c(C(=O)N(Cc2ccccn2)c2ccc(Br)cc2)c1C. The summed E-state index contributed by atoms with van der Waals surface area (Å²) < 4.78 is 0.933. The summed E-state index contributed by atoms with van der Waals surface area (Å²) in [7, 11) is 0. The lowest BCUT2D eigenvalue weighted by atomic mass is 10.1. The Bertz CT molecular complexity index is 979. The third kappa shape index (κ3) is 4.01. The highest BCUT2D eigenvalue weighted by atomic mass is 79.9. The van der Waals surface area contributed by atoms with Gasteiger partial charge >= 0.3 is 0 Å². The van der Waals surface area contributed by atoms with E-state index in [0.29, 0.717) is 29.1 Å². The third-order valence-corrected chi connectivity index (χ3v) is 4.96. The van der Waals surface area contributed by atoms with Gasteiger partial charge in [0, 0.05) is 27.6 Å². The minimum absolute atomic E-state index is 0.0554. The molecule has 0 saturated heterocycles. The molecule has 0 atom stereocenters. The van der Waals surface area contributed by atoms with Gasteiger partial charge in [0.25, 0.3) is 5.91 Å². The zero-order valence-electron chi connectivity index (χ0n) is 15.4. The number of pyridine rings is 1. The molecule has 0 bridgehead atoms. The van der Waals surface area contributed by atoms with E-state index in [4.69, 9.17) is 0 Å². The van der Waals surface area contributed by atoms with Crippen molar-refractivity contribution in [1.82, 2.24) is 9.97 Å². The van der Waals surface area contributed by atoms with E-state index in [1.165, 1.54) is 6.92 Å². The summed E-state index contributed by atoms with van der Waals surface area (Å²) in [4.78, 5) is 34.4. The number of carbonyl (C=O) groups is 2. The molecule has 0 fully saturated rings. The summed E-state index contributed by atoms with van der Waals surface area (Å²) in [5.74, 6) is -0.253. The van der Waals surface area contributed by atoms with Crippen molar-refractivity contribution < 1.29 is 9.59 Å². The summed E-state index contributed by atoms with van der Waals surface area (Å²) in [5, 5.41) is 0. The van der Waals surface area contributed by atoms with Crippen LogP contribution >= 0.6 is 15.9 Å². The number of H-pyrrole nitrogens is 1. The topological polar surface area (TPSA) is 66.1 Å². The number of carbonyl (C=O) groups excluding carboxylic acids is 2. The smallest absolute Gasteiger partial charge is 0.275 e. The summed E-state index contributed by atoms with van der Waals surface area (Å²) >= 11 is 3.42. The van der Waals surface area contributed by atoms with Crippen LogP contribution in [0.3, 0.4) is 0 Å². The predicted molar refractivity (Wildman–Crippen MR) is 109 cm³/mol. The molecular formula is C21H20BrN3O2. The van der Waals surface area contributed by atoms with Gasteiger partial charge in [-0.05, 0) is 62.7 Å². The molecule has 0 saturated carbocycles. The Kier molecular flexibility index (Phi) is 5.56. The first-order valence-electron chi connectivity index (χ1n) is 8.56. The van der Waals surface area contributed by atoms with Gasteiger partial charge in [0.1, 0.15) is 5.69 Å². The molecule has 6 heteroatoms. The lowest BCUT2D eigenvalue weighted by Crippen LogP contribution is -2.31. The van der Waals surface area contributed by atoms with Crippen molar-refractivity contribution >= 4 is 33.3 Å². The average Bonchev–Trinajstić information content (AvgIpc) is 2.95. The fraction of sp³-hybridized carbons (Fsp3) is 0.190. The molecule has 3 aromatic rings. The Morgan fingerprint density at radius 2 is 1.81 bits per heavy atom. The maximum Gasteiger partial charge on any atom is 0.275 e. The summed E-state index contributed by atoms with van der Waals surface area (Å²) in [5.41, 5.74) is 3.92. The average molecular weight is 426 g/mol. The van der Waals surface area contributed by atoms with Crippen molar-refractivity contribution in [1.29, 1.82) is 0 Å². The Hall–Kier alpha value is -2.73. The predicted octanol–water partition coefficient (Wildman–Crippen LogP) is 4.84. The van der Waals surface area contributed by atoms with Gasteiger partial charge in [-0.25, -0.2) is 0 Å². The fourth-order valence-corrected chi connectivity index (χ4v) is 3.45. The van der Waals surface area contributed by atoms with Crippen molar-refractivity contribution in [2.24, 2.45) is 0 Å². The van der Waals surface area contributed by atoms with Gasteiger partial charge in [-0.15, -0.1) is 0 Å². The summed E-state index contributed by atoms with van der Waals surface area (Å²) in [6.45, 7) is 5.45. The number of halogens is 1. The first-order valence-corrected chi connectivity index (χ1v) is 9.35. The van der Waals surface area contributed by atoms with Gasteiger partial charge in [0.05, 0.1) is 12.2 Å². The minimum Gasteiger partial charge on any atom is -0.354 e. The molecule has 0 unspecified atom stereocenters. The molecule has 2 heterocycles. The molecule has 3 rings (SSSR count). The van der Waals surface area contributed by atoms with Crippen molar-refractivity contribution in [2.75, 3.05) is 4.90 Å². The van der Waals surface area contributed by atoms with Crippen LogP contribution in [0.2, 0.25) is 0 Å². The number of ketones is 1. The Balaban J connectivity index is 2.04. The Morgan fingerprint density at radius 1 is 1.11 bits per heavy atom. The lowest BCUT2D eigenvalue weighted by molar-refractivity contribution is 0.0979. The molecule has 1 N–H and O–H groups in total. The zero-order valence-corrected chi connectivity index (χ0v) is 17.0. The highest BCUT2D eigenvalue weighted by Gasteiger charge is 2.25. The van der Waals surface area contributed by atoms with Crippen LogP contribution in [0.1, 0.15) is 44.7 Å². The van der Waals surface area contributed by atoms with Crippen LogP contribution in [0.25, 0.3) is 0 Å². The number of hydrogen-bond acceptors (Lipinski definition) is 3. The Labute approximate surface area is 166 Å². The molecule has 5 nitrogen and oxygen atoms in total. The second kappa shape index (κ2) is 7.88. The summed E-state index contributed by atoms with van der Waals surface area (Å²) in [6.07, 6.45) is 1.71. The van der Waals surface area contributed by atoms with Crippen LogP contribution in [0.5, 0.6) is 0 Å². The van der Waals surface area contributed by atoms with E-state index in [-0.39, 0.29) is 11.7 Å². The van der Waals surface area contributed by atoms with Gasteiger partial charge in [-0.3, -0.25) is 14.6 Å². The highest BCUT2D eigenvalue weighted by Crippen LogP contribution is 2.25. The van der Waals surface area contributed by atoms with Crippen molar-refractivity contribution in [3.63, 3.8) is 0 Å². The van der Waals surface area contributed by atoms with E-state index in [0.717, 1.165) is 15.9 Å². The monoisotopic (exact) mass is 425 g/mol. The minimum atomic E-state index is -0.198. The molecule has 0 aliphatic heterocycles. The molecule has 0 spiro atoms. The number of nitrogens with zero attached hydrogens (tertiary/aromatic N) is 2. The quantitative estimate of drug-likeness (QED) is 0.594. The molecule has 2 aromatic heterocycles. The van der Waals surface area contributed by atoms with Gasteiger partial charge in [-0.1, -0.05) is 22.0 Å². The number of anilines is 1. The lowest BCUT2D eigenvalue weighted by Gasteiger charge is -2.22. The van der Waals surface area contributed by atoms with Crippen LogP contribution in [-0.4, -0.2) is 21.7 Å². The maximum absolute atomic E-state index is 13.4. The summed E-state index contributed by atoms with van der Waals surface area (Å²) in [6, 6.07) is 13.2. The highest BCUT2D eigenvalue weighted by molar-refractivity contribution is 9.10. The zero-order chi connectivity index (χ0) is 19.6. The second-order valence-corrected chi connectivity index (χ2v) is 7.29. The number of amides is 1. The van der Waals surface area contributed by atoms with Crippen LogP contribution < -0.4 is 4.90 Å². The van der Waals surface area contributed by atoms with E-state index < -0.39 is 0 Å². The van der Waals surface area contributed by atoms with E-state index in [1.807, 2.05) is 49.4 Å². The number of Topliss-reactive ketones (excluding diaryl/α,β-unsaturated/α-hetero) is 1. The van der Waals surface area contributed by atoms with Gasteiger partial charge < -0.3 is 9.88 Å². The van der Waals surface area contributed by atoms with E-state index in [9.17, 15) is 9.59 Å². The number of hydrogen-bond donors (Lipinski definition) is 1. The number of aryl methyl sites for hydroxylation is 1. The first kappa shape index (κ1) is 19.0. The standard InChI is InChI=1S/C21H20BrN3O2/c1-13-19(15(3)26)14(2)24-20(13)21(27)25(12-17-6-4-5-11-23-17)18-9-7-16(22)8-10-18/h4-11,24H,12H2,1-3H3. The molecule has 1 aromatic carbocycles. The van der Waals surface area contributed by atoms with Gasteiger partial charge in [0.15, 0.2) is 5.78 Å². The van der Waals surface area contributed by atoms with E-state index in [1.54, 1.807) is 18.0 Å². The van der Waals surface area contributed by atoms with Crippen LogP contribution in [0, 0.1) is 13.8 Å². The van der Waals surface area contributed by atoms with Crippen molar-refractivity contribution in [3.05, 3.63) is 81.3 Å². The molecule has 0 radical (unpaired) electrons. The molecule has 0 aliphatic carbocycles. The molecule has 138 valence electrons.